The minimum atomic E-state index is -0.592. The second kappa shape index (κ2) is 18.4. The monoisotopic (exact) mass is 735 g/mol. The predicted molar refractivity (Wildman–Crippen MR) is 241 cm³/mol. The summed E-state index contributed by atoms with van der Waals surface area (Å²) in [5, 5.41) is 6.25. The Hall–Kier alpha value is -2.26. The highest BCUT2D eigenvalue weighted by Gasteiger charge is 2.25. The van der Waals surface area contributed by atoms with Crippen molar-refractivity contribution in [3.05, 3.63) is 117 Å². The SMILES string of the molecule is CC(C)c1cc(C(C)C)cc(P(CCP(c2cc(C(C)C)cc(C(C)C)c2)c2cc(C(C)C)cc(C(C)C)c2)c2cc(C(C)C)cc(C(C)C)c2)c1. The molecule has 4 rings (SSSR count). The van der Waals surface area contributed by atoms with Gasteiger partial charge >= 0.3 is 0 Å². The fraction of sp³-hybridized carbons (Fsp3) is 0.520. The van der Waals surface area contributed by atoms with Gasteiger partial charge in [-0.25, -0.2) is 0 Å². The highest BCUT2D eigenvalue weighted by atomic mass is 31.1. The Morgan fingerprint density at radius 1 is 0.250 bits per heavy atom. The summed E-state index contributed by atoms with van der Waals surface area (Å²) in [6, 6.07) is 30.7. The van der Waals surface area contributed by atoms with E-state index in [1.54, 1.807) is 21.2 Å². The zero-order valence-electron chi connectivity index (χ0n) is 35.9. The third-order valence-corrected chi connectivity index (χ3v) is 16.2. The third kappa shape index (κ3) is 10.7. The molecule has 0 saturated heterocycles. The van der Waals surface area contributed by atoms with Crippen LogP contribution in [0.3, 0.4) is 0 Å². The van der Waals surface area contributed by atoms with Crippen LogP contribution in [0.5, 0.6) is 0 Å². The molecule has 2 heteroatoms. The van der Waals surface area contributed by atoms with Crippen molar-refractivity contribution in [2.45, 2.75) is 158 Å². The van der Waals surface area contributed by atoms with Crippen molar-refractivity contribution < 1.29 is 0 Å². The Kier molecular flexibility index (Phi) is 15.0. The molecule has 0 nitrogen and oxygen atoms in total. The molecule has 0 spiro atoms. The normalized spacial score (nSPS) is 12.6. The molecule has 0 unspecified atom stereocenters. The summed E-state index contributed by atoms with van der Waals surface area (Å²) in [5.41, 5.74) is 11.9. The zero-order valence-corrected chi connectivity index (χ0v) is 37.6. The van der Waals surface area contributed by atoms with Crippen molar-refractivity contribution in [3.8, 4) is 0 Å². The first kappa shape index (κ1) is 42.5. The van der Waals surface area contributed by atoms with Crippen molar-refractivity contribution in [3.63, 3.8) is 0 Å². The smallest absolute Gasteiger partial charge is 0.0189 e. The number of benzene rings is 4. The van der Waals surface area contributed by atoms with Gasteiger partial charge in [0.1, 0.15) is 0 Å². The standard InChI is InChI=1S/C50H72P2/c1-31(2)39-19-40(32(3)4)24-47(23-39)51(48-25-41(33(5)6)20-42(26-48)34(7)8)17-18-52(49-27-43(35(9)10)21-44(28-49)36(11)12)50-29-45(37(13)14)22-46(30-50)38(15)16/h19-38H,17-18H2,1-16H3. The van der Waals surface area contributed by atoms with Gasteiger partial charge < -0.3 is 0 Å². The fourth-order valence-electron chi connectivity index (χ4n) is 6.94. The van der Waals surface area contributed by atoms with Gasteiger partial charge in [0.05, 0.1) is 0 Å². The molecule has 0 amide bonds. The van der Waals surface area contributed by atoms with E-state index >= 15 is 0 Å². The van der Waals surface area contributed by atoms with Gasteiger partial charge in [-0.3, -0.25) is 0 Å². The van der Waals surface area contributed by atoms with Crippen molar-refractivity contribution >= 4 is 37.1 Å². The second-order valence-corrected chi connectivity index (χ2v) is 22.6. The zero-order chi connectivity index (χ0) is 38.6. The van der Waals surface area contributed by atoms with E-state index in [0.717, 1.165) is 0 Å². The maximum atomic E-state index is 2.59. The van der Waals surface area contributed by atoms with Crippen LogP contribution >= 0.6 is 15.8 Å². The second-order valence-electron chi connectivity index (χ2n) is 18.0. The van der Waals surface area contributed by atoms with Gasteiger partial charge in [0, 0.05) is 0 Å². The quantitative estimate of drug-likeness (QED) is 0.107. The van der Waals surface area contributed by atoms with Crippen LogP contribution in [0.15, 0.2) is 72.8 Å². The Bertz CT molecular complexity index is 1400. The molecular weight excluding hydrogens is 662 g/mol. The van der Waals surface area contributed by atoms with Crippen LogP contribution < -0.4 is 21.2 Å². The van der Waals surface area contributed by atoms with E-state index in [0.29, 0.717) is 47.3 Å². The molecule has 0 saturated carbocycles. The van der Waals surface area contributed by atoms with Crippen molar-refractivity contribution in [1.29, 1.82) is 0 Å². The van der Waals surface area contributed by atoms with Gasteiger partial charge in [-0.05, 0) is 141 Å². The first-order valence-corrected chi connectivity index (χ1v) is 23.6. The van der Waals surface area contributed by atoms with Crippen LogP contribution in [-0.4, -0.2) is 12.3 Å². The van der Waals surface area contributed by atoms with E-state index in [9.17, 15) is 0 Å². The molecule has 0 heterocycles. The topological polar surface area (TPSA) is 0 Å². The summed E-state index contributed by atoms with van der Waals surface area (Å²) in [6.07, 6.45) is 2.37. The van der Waals surface area contributed by atoms with E-state index in [1.807, 2.05) is 0 Å². The molecule has 4 aromatic carbocycles. The lowest BCUT2D eigenvalue weighted by Crippen LogP contribution is -2.23. The summed E-state index contributed by atoms with van der Waals surface area (Å²) in [5.74, 6) is 4.01. The largest absolute Gasteiger partial charge is 0.0587 e. The summed E-state index contributed by atoms with van der Waals surface area (Å²) >= 11 is 0. The van der Waals surface area contributed by atoms with Gasteiger partial charge in [-0.1, -0.05) is 184 Å². The predicted octanol–water partition coefficient (Wildman–Crippen LogP) is 14.2. The first-order chi connectivity index (χ1) is 24.4. The molecule has 0 N–H and O–H groups in total. The van der Waals surface area contributed by atoms with Gasteiger partial charge in [-0.2, -0.15) is 0 Å². The van der Waals surface area contributed by atoms with Gasteiger partial charge in [0.25, 0.3) is 0 Å². The highest BCUT2D eigenvalue weighted by molar-refractivity contribution is 7.76. The summed E-state index contributed by atoms with van der Waals surface area (Å²) < 4.78 is 0. The Morgan fingerprint density at radius 3 is 0.500 bits per heavy atom. The van der Waals surface area contributed by atoms with Gasteiger partial charge in [-0.15, -0.1) is 0 Å². The minimum Gasteiger partial charge on any atom is -0.0587 e. The lowest BCUT2D eigenvalue weighted by molar-refractivity contribution is 0.835. The summed E-state index contributed by atoms with van der Waals surface area (Å²) in [6.45, 7) is 37.8. The van der Waals surface area contributed by atoms with Crippen LogP contribution in [-0.2, 0) is 0 Å². The highest BCUT2D eigenvalue weighted by Crippen LogP contribution is 2.44. The number of hydrogen-bond donors (Lipinski definition) is 0. The number of rotatable bonds is 15. The van der Waals surface area contributed by atoms with Crippen molar-refractivity contribution in [1.82, 2.24) is 0 Å². The summed E-state index contributed by atoms with van der Waals surface area (Å²) in [4.78, 5) is 0. The lowest BCUT2D eigenvalue weighted by atomic mass is 9.96. The molecule has 52 heavy (non-hydrogen) atoms. The molecular formula is C50H72P2. The molecule has 0 fully saturated rings. The Morgan fingerprint density at radius 2 is 0.385 bits per heavy atom. The fourth-order valence-corrected chi connectivity index (χ4v) is 12.6. The maximum absolute atomic E-state index is 2.59. The van der Waals surface area contributed by atoms with Crippen LogP contribution in [0, 0.1) is 0 Å². The van der Waals surface area contributed by atoms with Crippen LogP contribution in [0.1, 0.15) is 203 Å². The molecule has 0 aliphatic rings. The molecule has 0 aliphatic heterocycles. The van der Waals surface area contributed by atoms with E-state index in [1.165, 1.54) is 56.8 Å². The molecule has 0 aliphatic carbocycles. The van der Waals surface area contributed by atoms with Gasteiger partial charge in [0.2, 0.25) is 0 Å². The average molecular weight is 735 g/mol. The van der Waals surface area contributed by atoms with E-state index < -0.39 is 15.8 Å². The van der Waals surface area contributed by atoms with E-state index in [-0.39, 0.29) is 0 Å². The molecule has 0 radical (unpaired) electrons. The van der Waals surface area contributed by atoms with Crippen molar-refractivity contribution in [2.75, 3.05) is 12.3 Å². The molecule has 0 atom stereocenters. The number of hydrogen-bond acceptors (Lipinski definition) is 0. The van der Waals surface area contributed by atoms with Gasteiger partial charge in [0.15, 0.2) is 0 Å². The first-order valence-electron chi connectivity index (χ1n) is 20.5. The summed E-state index contributed by atoms with van der Waals surface area (Å²) in [7, 11) is -1.18. The minimum absolute atomic E-state index is 0.501. The molecule has 0 aromatic heterocycles. The van der Waals surface area contributed by atoms with Crippen LogP contribution in [0.4, 0.5) is 0 Å². The lowest BCUT2D eigenvalue weighted by Gasteiger charge is -2.28. The van der Waals surface area contributed by atoms with E-state index in [4.69, 9.17) is 0 Å². The van der Waals surface area contributed by atoms with Crippen LogP contribution in [0.25, 0.3) is 0 Å². The molecule has 4 aromatic rings. The van der Waals surface area contributed by atoms with Crippen LogP contribution in [0.2, 0.25) is 0 Å². The van der Waals surface area contributed by atoms with Crippen molar-refractivity contribution in [2.24, 2.45) is 0 Å². The maximum Gasteiger partial charge on any atom is -0.0189 e. The average Bonchev–Trinajstić information content (AvgIpc) is 3.09. The van der Waals surface area contributed by atoms with E-state index in [2.05, 4.69) is 184 Å². The molecule has 0 bridgehead atoms. The molecule has 282 valence electrons. The Balaban J connectivity index is 2.01. The third-order valence-electron chi connectivity index (χ3n) is 11.0. The Labute approximate surface area is 323 Å².